The minimum Gasteiger partial charge on any atom is -0.497 e. The van der Waals surface area contributed by atoms with Crippen molar-refractivity contribution in [3.05, 3.63) is 41.5 Å². The van der Waals surface area contributed by atoms with Crippen molar-refractivity contribution < 1.29 is 9.53 Å². The Kier molecular flexibility index (Phi) is 4.58. The lowest BCUT2D eigenvalue weighted by atomic mass is 10.2. The molecule has 0 fully saturated rings. The quantitative estimate of drug-likeness (QED) is 0.789. The first-order chi connectivity index (χ1) is 7.61. The summed E-state index contributed by atoms with van der Waals surface area (Å²) >= 11 is 0. The lowest BCUT2D eigenvalue weighted by Crippen LogP contribution is -2.20. The molecule has 0 saturated carbocycles. The second kappa shape index (κ2) is 5.95. The van der Waals surface area contributed by atoms with Crippen LogP contribution in [0.25, 0.3) is 0 Å². The molecule has 16 heavy (non-hydrogen) atoms. The second-order valence-electron chi connectivity index (χ2n) is 3.79. The minimum absolute atomic E-state index is 0.0668. The van der Waals surface area contributed by atoms with E-state index >= 15 is 0 Å². The summed E-state index contributed by atoms with van der Waals surface area (Å²) in [5, 5.41) is 2.81. The van der Waals surface area contributed by atoms with E-state index in [1.54, 1.807) is 13.2 Å². The highest BCUT2D eigenvalue weighted by Crippen LogP contribution is 2.11. The number of allylic oxidation sites excluding steroid dienone is 1. The molecule has 0 aromatic heterocycles. The number of hydrogen-bond donors (Lipinski definition) is 1. The van der Waals surface area contributed by atoms with E-state index in [9.17, 15) is 4.79 Å². The molecular weight excluding hydrogens is 202 g/mol. The Balaban J connectivity index is 2.54. The molecule has 0 bridgehead atoms. The number of methoxy groups -OCH3 is 1. The maximum absolute atomic E-state index is 11.4. The standard InChI is InChI=1S/C13H17NO2/c1-10(2)7-13(15)14-9-11-5-4-6-12(8-11)16-3/h4-8H,9H2,1-3H3,(H,14,15). The van der Waals surface area contributed by atoms with Crippen LogP contribution in [0.4, 0.5) is 0 Å². The smallest absolute Gasteiger partial charge is 0.244 e. The van der Waals surface area contributed by atoms with Crippen LogP contribution in [0.15, 0.2) is 35.9 Å². The van der Waals surface area contributed by atoms with E-state index < -0.39 is 0 Å². The van der Waals surface area contributed by atoms with E-state index in [0.717, 1.165) is 16.9 Å². The van der Waals surface area contributed by atoms with Crippen LogP contribution >= 0.6 is 0 Å². The van der Waals surface area contributed by atoms with Gasteiger partial charge in [0.2, 0.25) is 5.91 Å². The van der Waals surface area contributed by atoms with Gasteiger partial charge in [-0.15, -0.1) is 0 Å². The molecule has 0 heterocycles. The molecular formula is C13H17NO2. The zero-order valence-corrected chi connectivity index (χ0v) is 9.91. The fraction of sp³-hybridized carbons (Fsp3) is 0.308. The first-order valence-corrected chi connectivity index (χ1v) is 5.17. The van der Waals surface area contributed by atoms with Gasteiger partial charge in [0.25, 0.3) is 0 Å². The Morgan fingerprint density at radius 1 is 1.44 bits per heavy atom. The average molecular weight is 219 g/mol. The third-order valence-electron chi connectivity index (χ3n) is 2.02. The van der Waals surface area contributed by atoms with Crippen molar-refractivity contribution in [3.63, 3.8) is 0 Å². The van der Waals surface area contributed by atoms with Crippen LogP contribution in [0.5, 0.6) is 5.75 Å². The Bertz CT molecular complexity index is 393. The number of ether oxygens (including phenoxy) is 1. The summed E-state index contributed by atoms with van der Waals surface area (Å²) in [6.45, 7) is 4.30. The first kappa shape index (κ1) is 12.3. The molecule has 1 amide bonds. The average Bonchev–Trinajstić information content (AvgIpc) is 2.26. The molecule has 1 aromatic carbocycles. The van der Waals surface area contributed by atoms with E-state index in [0.29, 0.717) is 6.54 Å². The summed E-state index contributed by atoms with van der Waals surface area (Å²) in [5.74, 6) is 0.733. The highest BCUT2D eigenvalue weighted by molar-refractivity contribution is 5.87. The largest absolute Gasteiger partial charge is 0.497 e. The predicted octanol–water partition coefficient (Wildman–Crippen LogP) is 2.28. The van der Waals surface area contributed by atoms with Gasteiger partial charge < -0.3 is 10.1 Å². The minimum atomic E-state index is -0.0668. The van der Waals surface area contributed by atoms with E-state index in [2.05, 4.69) is 5.32 Å². The number of hydrogen-bond acceptors (Lipinski definition) is 2. The molecule has 3 nitrogen and oxygen atoms in total. The van der Waals surface area contributed by atoms with Crippen molar-refractivity contribution in [3.8, 4) is 5.75 Å². The molecule has 0 aliphatic rings. The maximum atomic E-state index is 11.4. The van der Waals surface area contributed by atoms with Crippen LogP contribution in [0.2, 0.25) is 0 Å². The Morgan fingerprint density at radius 2 is 2.19 bits per heavy atom. The van der Waals surface area contributed by atoms with E-state index in [1.165, 1.54) is 0 Å². The predicted molar refractivity (Wildman–Crippen MR) is 64.3 cm³/mol. The van der Waals surface area contributed by atoms with Crippen molar-refractivity contribution >= 4 is 5.91 Å². The monoisotopic (exact) mass is 219 g/mol. The summed E-state index contributed by atoms with van der Waals surface area (Å²) in [4.78, 5) is 11.4. The summed E-state index contributed by atoms with van der Waals surface area (Å²) in [7, 11) is 1.63. The van der Waals surface area contributed by atoms with Gasteiger partial charge in [0.1, 0.15) is 5.75 Å². The number of carbonyl (C=O) groups is 1. The van der Waals surface area contributed by atoms with Crippen LogP contribution in [0.3, 0.4) is 0 Å². The van der Waals surface area contributed by atoms with E-state index in [4.69, 9.17) is 4.74 Å². The van der Waals surface area contributed by atoms with Crippen LogP contribution in [0.1, 0.15) is 19.4 Å². The molecule has 0 unspecified atom stereocenters. The molecule has 0 saturated heterocycles. The molecule has 0 spiro atoms. The van der Waals surface area contributed by atoms with Gasteiger partial charge in [0.15, 0.2) is 0 Å². The third kappa shape index (κ3) is 4.17. The SMILES string of the molecule is COc1cccc(CNC(=O)C=C(C)C)c1. The van der Waals surface area contributed by atoms with Crippen molar-refractivity contribution in [2.24, 2.45) is 0 Å². The molecule has 1 N–H and O–H groups in total. The number of rotatable bonds is 4. The molecule has 0 radical (unpaired) electrons. The van der Waals surface area contributed by atoms with Gasteiger partial charge in [-0.05, 0) is 31.5 Å². The summed E-state index contributed by atoms with van der Waals surface area (Å²) in [6, 6.07) is 7.64. The van der Waals surface area contributed by atoms with Gasteiger partial charge in [-0.3, -0.25) is 4.79 Å². The van der Waals surface area contributed by atoms with Gasteiger partial charge >= 0.3 is 0 Å². The molecule has 1 aromatic rings. The van der Waals surface area contributed by atoms with Crippen molar-refractivity contribution in [2.45, 2.75) is 20.4 Å². The molecule has 0 aliphatic heterocycles. The zero-order valence-electron chi connectivity index (χ0n) is 9.91. The lowest BCUT2D eigenvalue weighted by molar-refractivity contribution is -0.116. The topological polar surface area (TPSA) is 38.3 Å². The number of nitrogens with one attached hydrogen (secondary N) is 1. The van der Waals surface area contributed by atoms with Crippen LogP contribution in [-0.4, -0.2) is 13.0 Å². The van der Waals surface area contributed by atoms with Gasteiger partial charge in [-0.2, -0.15) is 0 Å². The third-order valence-corrected chi connectivity index (χ3v) is 2.02. The zero-order chi connectivity index (χ0) is 12.0. The fourth-order valence-corrected chi connectivity index (χ4v) is 1.28. The van der Waals surface area contributed by atoms with Gasteiger partial charge in [0, 0.05) is 12.6 Å². The maximum Gasteiger partial charge on any atom is 0.244 e. The lowest BCUT2D eigenvalue weighted by Gasteiger charge is -2.05. The highest BCUT2D eigenvalue weighted by atomic mass is 16.5. The van der Waals surface area contributed by atoms with Gasteiger partial charge in [-0.1, -0.05) is 17.7 Å². The second-order valence-corrected chi connectivity index (χ2v) is 3.79. The normalized spacial score (nSPS) is 9.44. The summed E-state index contributed by atoms with van der Waals surface area (Å²) < 4.78 is 5.10. The molecule has 86 valence electrons. The highest BCUT2D eigenvalue weighted by Gasteiger charge is 1.98. The number of benzene rings is 1. The molecule has 0 atom stereocenters. The van der Waals surface area contributed by atoms with Crippen molar-refractivity contribution in [2.75, 3.05) is 7.11 Å². The Labute approximate surface area is 96.1 Å². The molecule has 1 rings (SSSR count). The van der Waals surface area contributed by atoms with Crippen molar-refractivity contribution in [1.29, 1.82) is 0 Å². The number of amides is 1. The number of carbonyl (C=O) groups excluding carboxylic acids is 1. The van der Waals surface area contributed by atoms with Crippen LogP contribution < -0.4 is 10.1 Å². The first-order valence-electron chi connectivity index (χ1n) is 5.17. The van der Waals surface area contributed by atoms with Crippen LogP contribution in [-0.2, 0) is 11.3 Å². The van der Waals surface area contributed by atoms with Crippen molar-refractivity contribution in [1.82, 2.24) is 5.32 Å². The van der Waals surface area contributed by atoms with Gasteiger partial charge in [0.05, 0.1) is 7.11 Å². The summed E-state index contributed by atoms with van der Waals surface area (Å²) in [5.41, 5.74) is 2.01. The molecule has 0 aliphatic carbocycles. The Morgan fingerprint density at radius 3 is 2.81 bits per heavy atom. The van der Waals surface area contributed by atoms with Gasteiger partial charge in [-0.25, -0.2) is 0 Å². The Hall–Kier alpha value is -1.77. The van der Waals surface area contributed by atoms with E-state index in [1.807, 2.05) is 38.1 Å². The molecule has 3 heteroatoms. The fourth-order valence-electron chi connectivity index (χ4n) is 1.28. The summed E-state index contributed by atoms with van der Waals surface area (Å²) in [6.07, 6.45) is 1.58. The van der Waals surface area contributed by atoms with Crippen LogP contribution in [0, 0.1) is 0 Å². The van der Waals surface area contributed by atoms with E-state index in [-0.39, 0.29) is 5.91 Å².